The number of halogens is 1. The van der Waals surface area contributed by atoms with Crippen LogP contribution in [-0.4, -0.2) is 0 Å². The molecule has 0 aliphatic rings. The minimum absolute atomic E-state index is 0.678. The molecule has 0 aliphatic carbocycles. The lowest BCUT2D eigenvalue weighted by Crippen LogP contribution is -1.85. The lowest BCUT2D eigenvalue weighted by molar-refractivity contribution is 1.42. The van der Waals surface area contributed by atoms with Gasteiger partial charge >= 0.3 is 0 Å². The molecule has 0 aromatic heterocycles. The topological polar surface area (TPSA) is 23.8 Å². The fraction of sp³-hybridized carbons (Fsp3) is 0.0714. The molecule has 0 N–H and O–H groups in total. The highest BCUT2D eigenvalue weighted by Gasteiger charge is 2.03. The van der Waals surface area contributed by atoms with E-state index in [1.54, 1.807) is 6.07 Å². The van der Waals surface area contributed by atoms with Crippen LogP contribution >= 0.6 is 15.9 Å². The van der Waals surface area contributed by atoms with Crippen molar-refractivity contribution >= 4 is 15.9 Å². The summed E-state index contributed by atoms with van der Waals surface area (Å²) in [7, 11) is 0. The summed E-state index contributed by atoms with van der Waals surface area (Å²) in [6.07, 6.45) is 0. The van der Waals surface area contributed by atoms with E-state index in [0.717, 1.165) is 21.2 Å². The maximum absolute atomic E-state index is 8.87. The van der Waals surface area contributed by atoms with Crippen LogP contribution in [-0.2, 0) is 0 Å². The van der Waals surface area contributed by atoms with Crippen molar-refractivity contribution in [1.29, 1.82) is 5.26 Å². The molecule has 0 saturated carbocycles. The third kappa shape index (κ3) is 2.15. The molecule has 2 rings (SSSR count). The highest BCUT2D eigenvalue weighted by Crippen LogP contribution is 2.26. The molecular formula is C14H9BrN. The molecule has 0 spiro atoms. The molecule has 0 aliphatic heterocycles. The predicted molar refractivity (Wildman–Crippen MR) is 67.9 cm³/mol. The molecule has 2 heteroatoms. The summed E-state index contributed by atoms with van der Waals surface area (Å²) >= 11 is 3.43. The number of aryl methyl sites for hydroxylation is 1. The number of hydrogen-bond acceptors (Lipinski definition) is 1. The summed E-state index contributed by atoms with van der Waals surface area (Å²) in [5, 5.41) is 8.87. The Labute approximate surface area is 103 Å². The lowest BCUT2D eigenvalue weighted by atomic mass is 9.99. The third-order valence-electron chi connectivity index (χ3n) is 2.42. The van der Waals surface area contributed by atoms with Gasteiger partial charge in [0.05, 0.1) is 11.6 Å². The second-order valence-corrected chi connectivity index (χ2v) is 4.46. The van der Waals surface area contributed by atoms with Crippen LogP contribution in [0.4, 0.5) is 0 Å². The molecule has 1 radical (unpaired) electrons. The molecule has 2 aromatic carbocycles. The first-order chi connectivity index (χ1) is 7.70. The number of nitriles is 1. The van der Waals surface area contributed by atoms with Crippen LogP contribution < -0.4 is 0 Å². The van der Waals surface area contributed by atoms with E-state index in [2.05, 4.69) is 28.1 Å². The molecule has 0 unspecified atom stereocenters. The second-order valence-electron chi connectivity index (χ2n) is 3.55. The Kier molecular flexibility index (Phi) is 3.07. The van der Waals surface area contributed by atoms with Crippen LogP contribution in [0.3, 0.4) is 0 Å². The third-order valence-corrected chi connectivity index (χ3v) is 2.87. The Morgan fingerprint density at radius 2 is 2.12 bits per heavy atom. The van der Waals surface area contributed by atoms with Crippen molar-refractivity contribution in [1.82, 2.24) is 0 Å². The Hall–Kier alpha value is -1.59. The fourth-order valence-corrected chi connectivity index (χ4v) is 1.94. The summed E-state index contributed by atoms with van der Waals surface area (Å²) in [6, 6.07) is 16.9. The zero-order valence-electron chi connectivity index (χ0n) is 8.79. The van der Waals surface area contributed by atoms with Gasteiger partial charge in [0, 0.05) is 4.47 Å². The number of hydrogen-bond donors (Lipinski definition) is 0. The molecule has 0 atom stereocenters. The van der Waals surface area contributed by atoms with Gasteiger partial charge in [0.15, 0.2) is 0 Å². The molecule has 0 amide bonds. The first-order valence-corrected chi connectivity index (χ1v) is 5.68. The standard InChI is InChI=1S/C14H9BrN/c1-10-5-6-13(15)8-14(10)12-4-2-3-11(7-12)9-16/h2-4,6-8H,1H3. The monoisotopic (exact) mass is 270 g/mol. The van der Waals surface area contributed by atoms with Gasteiger partial charge in [-0.05, 0) is 53.9 Å². The molecule has 77 valence electrons. The molecule has 0 saturated heterocycles. The zero-order valence-corrected chi connectivity index (χ0v) is 10.4. The zero-order chi connectivity index (χ0) is 11.5. The highest BCUT2D eigenvalue weighted by molar-refractivity contribution is 9.10. The summed E-state index contributed by atoms with van der Waals surface area (Å²) < 4.78 is 0.996. The Morgan fingerprint density at radius 3 is 2.88 bits per heavy atom. The maximum Gasteiger partial charge on any atom is 0.0991 e. The average molecular weight is 271 g/mol. The van der Waals surface area contributed by atoms with Gasteiger partial charge < -0.3 is 0 Å². The molecule has 0 heterocycles. The van der Waals surface area contributed by atoms with Gasteiger partial charge in [0.25, 0.3) is 0 Å². The number of benzene rings is 2. The maximum atomic E-state index is 8.87. The van der Waals surface area contributed by atoms with Crippen molar-refractivity contribution in [2.45, 2.75) is 6.92 Å². The first-order valence-electron chi connectivity index (χ1n) is 4.89. The second kappa shape index (κ2) is 4.51. The van der Waals surface area contributed by atoms with Crippen LogP contribution in [0.15, 0.2) is 40.9 Å². The minimum atomic E-state index is 0.678. The molecule has 2 aromatic rings. The van der Waals surface area contributed by atoms with E-state index in [0.29, 0.717) is 5.56 Å². The van der Waals surface area contributed by atoms with Crippen molar-refractivity contribution in [3.8, 4) is 17.2 Å². The van der Waals surface area contributed by atoms with Crippen molar-refractivity contribution < 1.29 is 0 Å². The van der Waals surface area contributed by atoms with Crippen LogP contribution in [0, 0.1) is 24.3 Å². The van der Waals surface area contributed by atoms with Crippen LogP contribution in [0.1, 0.15) is 11.1 Å². The van der Waals surface area contributed by atoms with Gasteiger partial charge in [-0.1, -0.05) is 28.1 Å². The normalized spacial score (nSPS) is 9.81. The Bertz CT molecular complexity index is 567. The largest absolute Gasteiger partial charge is 0.192 e. The van der Waals surface area contributed by atoms with Gasteiger partial charge in [0.1, 0.15) is 0 Å². The molecule has 0 bridgehead atoms. The summed E-state index contributed by atoms with van der Waals surface area (Å²) in [4.78, 5) is 0. The first kappa shape index (κ1) is 10.9. The number of rotatable bonds is 1. The van der Waals surface area contributed by atoms with Crippen molar-refractivity contribution in [2.24, 2.45) is 0 Å². The van der Waals surface area contributed by atoms with E-state index in [-0.39, 0.29) is 0 Å². The van der Waals surface area contributed by atoms with Crippen LogP contribution in [0.25, 0.3) is 11.1 Å². The van der Waals surface area contributed by atoms with E-state index in [9.17, 15) is 0 Å². The Morgan fingerprint density at radius 1 is 1.31 bits per heavy atom. The lowest BCUT2D eigenvalue weighted by Gasteiger charge is -2.06. The molecule has 0 fully saturated rings. The Balaban J connectivity index is 2.58. The van der Waals surface area contributed by atoms with E-state index in [4.69, 9.17) is 5.26 Å². The van der Waals surface area contributed by atoms with E-state index in [1.807, 2.05) is 37.3 Å². The summed E-state index contributed by atoms with van der Waals surface area (Å²) in [5.41, 5.74) is 3.91. The van der Waals surface area contributed by atoms with Gasteiger partial charge in [-0.3, -0.25) is 0 Å². The van der Waals surface area contributed by atoms with Gasteiger partial charge in [0.2, 0.25) is 0 Å². The SMILES string of the molecule is Cc1[c]cc(Br)cc1-c1cccc(C#N)c1. The molecule has 1 nitrogen and oxygen atoms in total. The van der Waals surface area contributed by atoms with Gasteiger partial charge in [-0.2, -0.15) is 5.26 Å². The van der Waals surface area contributed by atoms with E-state index >= 15 is 0 Å². The average Bonchev–Trinajstić information content (AvgIpc) is 2.32. The fourth-order valence-electron chi connectivity index (χ4n) is 1.60. The van der Waals surface area contributed by atoms with Crippen molar-refractivity contribution in [3.63, 3.8) is 0 Å². The van der Waals surface area contributed by atoms with Crippen molar-refractivity contribution in [2.75, 3.05) is 0 Å². The van der Waals surface area contributed by atoms with Crippen LogP contribution in [0.2, 0.25) is 0 Å². The molecule has 16 heavy (non-hydrogen) atoms. The van der Waals surface area contributed by atoms with Gasteiger partial charge in [-0.25, -0.2) is 0 Å². The highest BCUT2D eigenvalue weighted by atomic mass is 79.9. The van der Waals surface area contributed by atoms with Gasteiger partial charge in [-0.15, -0.1) is 0 Å². The summed E-state index contributed by atoms with van der Waals surface area (Å²) in [6.45, 7) is 2.01. The van der Waals surface area contributed by atoms with Crippen molar-refractivity contribution in [3.05, 3.63) is 58.1 Å². The quantitative estimate of drug-likeness (QED) is 0.766. The molecular weight excluding hydrogens is 262 g/mol. The number of nitrogens with zero attached hydrogens (tertiary/aromatic N) is 1. The summed E-state index contributed by atoms with van der Waals surface area (Å²) in [5.74, 6) is 0. The van der Waals surface area contributed by atoms with Crippen LogP contribution in [0.5, 0.6) is 0 Å². The van der Waals surface area contributed by atoms with E-state index in [1.165, 1.54) is 0 Å². The minimum Gasteiger partial charge on any atom is -0.192 e. The predicted octanol–water partition coefficient (Wildman–Crippen LogP) is 4.10. The smallest absolute Gasteiger partial charge is 0.0991 e. The van der Waals surface area contributed by atoms with E-state index < -0.39 is 0 Å².